The highest BCUT2D eigenvalue weighted by Crippen LogP contribution is 2.12. The van der Waals surface area contributed by atoms with Gasteiger partial charge in [0.25, 0.3) is 0 Å². The number of methoxy groups -OCH3 is 1. The lowest BCUT2D eigenvalue weighted by Gasteiger charge is -2.11. The van der Waals surface area contributed by atoms with E-state index in [1.807, 2.05) is 49.3 Å². The van der Waals surface area contributed by atoms with E-state index in [4.69, 9.17) is 4.74 Å². The number of amides is 1. The van der Waals surface area contributed by atoms with E-state index in [0.717, 1.165) is 17.1 Å². The summed E-state index contributed by atoms with van der Waals surface area (Å²) in [6.07, 6.45) is 2.81. The number of nitrogens with zero attached hydrogens (tertiary/aromatic N) is 3. The van der Waals surface area contributed by atoms with Crippen molar-refractivity contribution in [1.29, 1.82) is 0 Å². The molecular formula is C17H22N4O2. The summed E-state index contributed by atoms with van der Waals surface area (Å²) in [6, 6.07) is 9.56. The van der Waals surface area contributed by atoms with E-state index in [9.17, 15) is 4.79 Å². The van der Waals surface area contributed by atoms with Gasteiger partial charge in [-0.25, -0.2) is 9.97 Å². The first-order valence-electron chi connectivity index (χ1n) is 7.47. The molecule has 23 heavy (non-hydrogen) atoms. The molecular weight excluding hydrogens is 292 g/mol. The Morgan fingerprint density at radius 3 is 2.61 bits per heavy atom. The average Bonchev–Trinajstić information content (AvgIpc) is 2.58. The SMILES string of the molecule is COc1ccc(CCC(=O)NCc2nccc(N(C)C)n2)cc1. The van der Waals surface area contributed by atoms with Gasteiger partial charge in [-0.1, -0.05) is 12.1 Å². The van der Waals surface area contributed by atoms with Crippen LogP contribution in [0.5, 0.6) is 5.75 Å². The first-order valence-corrected chi connectivity index (χ1v) is 7.47. The second-order valence-electron chi connectivity index (χ2n) is 5.35. The summed E-state index contributed by atoms with van der Waals surface area (Å²) in [4.78, 5) is 22.4. The summed E-state index contributed by atoms with van der Waals surface area (Å²) in [7, 11) is 5.47. The van der Waals surface area contributed by atoms with Gasteiger partial charge in [-0.05, 0) is 30.2 Å². The van der Waals surface area contributed by atoms with Crippen molar-refractivity contribution < 1.29 is 9.53 Å². The normalized spacial score (nSPS) is 10.2. The van der Waals surface area contributed by atoms with E-state index in [-0.39, 0.29) is 5.91 Å². The lowest BCUT2D eigenvalue weighted by molar-refractivity contribution is -0.121. The fourth-order valence-corrected chi connectivity index (χ4v) is 2.04. The maximum absolute atomic E-state index is 11.9. The molecule has 0 saturated carbocycles. The van der Waals surface area contributed by atoms with Gasteiger partial charge < -0.3 is 15.0 Å². The number of hydrogen-bond acceptors (Lipinski definition) is 5. The van der Waals surface area contributed by atoms with Crippen molar-refractivity contribution in [3.63, 3.8) is 0 Å². The molecule has 0 aliphatic carbocycles. The quantitative estimate of drug-likeness (QED) is 0.844. The molecule has 2 aromatic rings. The van der Waals surface area contributed by atoms with Crippen LogP contribution in [0.15, 0.2) is 36.5 Å². The van der Waals surface area contributed by atoms with E-state index in [1.165, 1.54) is 0 Å². The van der Waals surface area contributed by atoms with Crippen LogP contribution < -0.4 is 15.0 Å². The molecule has 1 aromatic carbocycles. The molecule has 1 aromatic heterocycles. The van der Waals surface area contributed by atoms with E-state index >= 15 is 0 Å². The summed E-state index contributed by atoms with van der Waals surface area (Å²) < 4.78 is 5.11. The Kier molecular flexibility index (Phi) is 5.91. The molecule has 0 unspecified atom stereocenters. The predicted octanol–water partition coefficient (Wildman–Crippen LogP) is 1.80. The molecule has 0 aliphatic rings. The number of anilines is 1. The zero-order valence-electron chi connectivity index (χ0n) is 13.7. The van der Waals surface area contributed by atoms with Crippen LogP contribution in [0.1, 0.15) is 17.8 Å². The Labute approximate surface area is 136 Å². The Hall–Kier alpha value is -2.63. The minimum Gasteiger partial charge on any atom is -0.497 e. The van der Waals surface area contributed by atoms with E-state index in [1.54, 1.807) is 13.3 Å². The fraction of sp³-hybridized carbons (Fsp3) is 0.353. The summed E-state index contributed by atoms with van der Waals surface area (Å²) in [5, 5.41) is 2.85. The minimum absolute atomic E-state index is 0.0142. The number of benzene rings is 1. The lowest BCUT2D eigenvalue weighted by Crippen LogP contribution is -2.24. The first-order chi connectivity index (χ1) is 11.1. The van der Waals surface area contributed by atoms with E-state index < -0.39 is 0 Å². The van der Waals surface area contributed by atoms with Gasteiger partial charge in [0.05, 0.1) is 13.7 Å². The van der Waals surface area contributed by atoms with Crippen LogP contribution in [0.2, 0.25) is 0 Å². The van der Waals surface area contributed by atoms with Crippen molar-refractivity contribution in [3.05, 3.63) is 47.9 Å². The molecule has 0 atom stereocenters. The summed E-state index contributed by atoms with van der Waals surface area (Å²) in [6.45, 7) is 0.336. The van der Waals surface area contributed by atoms with Gasteiger partial charge in [0.1, 0.15) is 17.4 Å². The first kappa shape index (κ1) is 16.7. The number of aryl methyl sites for hydroxylation is 1. The summed E-state index contributed by atoms with van der Waals surface area (Å²) >= 11 is 0. The number of carbonyl (C=O) groups is 1. The molecule has 0 aliphatic heterocycles. The largest absolute Gasteiger partial charge is 0.497 e. The minimum atomic E-state index is -0.0142. The Morgan fingerprint density at radius 2 is 1.96 bits per heavy atom. The number of rotatable bonds is 7. The van der Waals surface area contributed by atoms with Gasteiger partial charge in [0, 0.05) is 26.7 Å². The average molecular weight is 314 g/mol. The number of hydrogen-bond donors (Lipinski definition) is 1. The number of nitrogens with one attached hydrogen (secondary N) is 1. The molecule has 2 rings (SSSR count). The third kappa shape index (κ3) is 5.25. The van der Waals surface area contributed by atoms with Gasteiger partial charge in [0.2, 0.25) is 5.91 Å². The molecule has 1 N–H and O–H groups in total. The monoisotopic (exact) mass is 314 g/mol. The Balaban J connectivity index is 1.79. The molecule has 6 heteroatoms. The second-order valence-corrected chi connectivity index (χ2v) is 5.35. The van der Waals surface area contributed by atoms with Gasteiger partial charge in [-0.3, -0.25) is 4.79 Å². The topological polar surface area (TPSA) is 67.3 Å². The highest BCUT2D eigenvalue weighted by molar-refractivity contribution is 5.76. The van der Waals surface area contributed by atoms with Gasteiger partial charge in [-0.15, -0.1) is 0 Å². The standard InChI is InChI=1S/C17H22N4O2/c1-21(2)16-10-11-18-15(20-16)12-19-17(22)9-6-13-4-7-14(23-3)8-5-13/h4-5,7-8,10-11H,6,9,12H2,1-3H3,(H,19,22). The van der Waals surface area contributed by atoms with Crippen molar-refractivity contribution in [2.24, 2.45) is 0 Å². The van der Waals surface area contributed by atoms with Crippen molar-refractivity contribution in [3.8, 4) is 5.75 Å². The Bertz CT molecular complexity index is 641. The lowest BCUT2D eigenvalue weighted by atomic mass is 10.1. The molecule has 1 amide bonds. The zero-order chi connectivity index (χ0) is 16.7. The zero-order valence-corrected chi connectivity index (χ0v) is 13.7. The van der Waals surface area contributed by atoms with E-state index in [0.29, 0.717) is 25.2 Å². The molecule has 0 spiro atoms. The number of aromatic nitrogens is 2. The van der Waals surface area contributed by atoms with Crippen LogP contribution in [0.25, 0.3) is 0 Å². The van der Waals surface area contributed by atoms with Crippen molar-refractivity contribution in [1.82, 2.24) is 15.3 Å². The van der Waals surface area contributed by atoms with Gasteiger partial charge in [-0.2, -0.15) is 0 Å². The molecule has 0 saturated heterocycles. The maximum atomic E-state index is 11.9. The Morgan fingerprint density at radius 1 is 1.22 bits per heavy atom. The van der Waals surface area contributed by atoms with Crippen LogP contribution in [0.4, 0.5) is 5.82 Å². The predicted molar refractivity (Wildman–Crippen MR) is 89.5 cm³/mol. The third-order valence-electron chi connectivity index (χ3n) is 3.39. The molecule has 0 fully saturated rings. The van der Waals surface area contributed by atoms with Crippen LogP contribution >= 0.6 is 0 Å². The van der Waals surface area contributed by atoms with Gasteiger partial charge >= 0.3 is 0 Å². The maximum Gasteiger partial charge on any atom is 0.220 e. The summed E-state index contributed by atoms with van der Waals surface area (Å²) in [5.74, 6) is 2.23. The summed E-state index contributed by atoms with van der Waals surface area (Å²) in [5.41, 5.74) is 1.10. The van der Waals surface area contributed by atoms with Crippen LogP contribution in [-0.2, 0) is 17.8 Å². The van der Waals surface area contributed by atoms with Crippen LogP contribution in [0.3, 0.4) is 0 Å². The van der Waals surface area contributed by atoms with E-state index in [2.05, 4.69) is 15.3 Å². The molecule has 6 nitrogen and oxygen atoms in total. The fourth-order valence-electron chi connectivity index (χ4n) is 2.04. The second kappa shape index (κ2) is 8.12. The molecule has 1 heterocycles. The molecule has 0 bridgehead atoms. The molecule has 0 radical (unpaired) electrons. The van der Waals surface area contributed by atoms with Crippen molar-refractivity contribution in [2.45, 2.75) is 19.4 Å². The van der Waals surface area contributed by atoms with Crippen molar-refractivity contribution >= 4 is 11.7 Å². The smallest absolute Gasteiger partial charge is 0.220 e. The highest BCUT2D eigenvalue weighted by atomic mass is 16.5. The van der Waals surface area contributed by atoms with Crippen LogP contribution in [0, 0.1) is 0 Å². The van der Waals surface area contributed by atoms with Crippen LogP contribution in [-0.4, -0.2) is 37.1 Å². The third-order valence-corrected chi connectivity index (χ3v) is 3.39. The molecule has 122 valence electrons. The number of ether oxygens (including phenoxy) is 1. The highest BCUT2D eigenvalue weighted by Gasteiger charge is 2.05. The van der Waals surface area contributed by atoms with Gasteiger partial charge in [0.15, 0.2) is 0 Å². The number of carbonyl (C=O) groups excluding carboxylic acids is 1. The van der Waals surface area contributed by atoms with Crippen molar-refractivity contribution in [2.75, 3.05) is 26.1 Å².